The summed E-state index contributed by atoms with van der Waals surface area (Å²) < 4.78 is 13.5. The van der Waals surface area contributed by atoms with E-state index in [0.717, 1.165) is 55.5 Å². The van der Waals surface area contributed by atoms with Gasteiger partial charge in [-0.3, -0.25) is 9.97 Å². The summed E-state index contributed by atoms with van der Waals surface area (Å²) >= 11 is 0. The van der Waals surface area contributed by atoms with Gasteiger partial charge in [0.1, 0.15) is 0 Å². The van der Waals surface area contributed by atoms with Gasteiger partial charge in [0.25, 0.3) is 0 Å². The second-order valence-electron chi connectivity index (χ2n) is 10.9. The van der Waals surface area contributed by atoms with Crippen molar-refractivity contribution in [1.29, 1.82) is 0 Å². The van der Waals surface area contributed by atoms with Crippen molar-refractivity contribution >= 4 is 32.6 Å². The molecule has 0 radical (unpaired) electrons. The predicted octanol–water partition coefficient (Wildman–Crippen LogP) is 9.37. The number of rotatable bonds is 5. The first-order valence-corrected chi connectivity index (χ1v) is 14.6. The average molecular weight is 582 g/mol. The maximum Gasteiger partial charge on any atom is 0.181 e. The van der Waals surface area contributed by atoms with Crippen LogP contribution in [0, 0.1) is 0 Å². The number of pyridine rings is 2. The lowest BCUT2D eigenvalue weighted by Gasteiger charge is -2.12. The summed E-state index contributed by atoms with van der Waals surface area (Å²) in [5, 5.41) is 4.71. The molecule has 0 spiro atoms. The van der Waals surface area contributed by atoms with Crippen molar-refractivity contribution in [3.05, 3.63) is 141 Å². The molecule has 212 valence electrons. The van der Waals surface area contributed by atoms with Crippen molar-refractivity contribution in [2.24, 2.45) is 0 Å². The van der Waals surface area contributed by atoms with E-state index in [1.807, 2.05) is 18.5 Å². The number of hydrogen-bond acceptors (Lipinski definition) is 6. The molecule has 0 aliphatic heterocycles. The van der Waals surface area contributed by atoms with E-state index in [9.17, 15) is 0 Å². The second kappa shape index (κ2) is 10.1. The molecule has 0 unspecified atom stereocenters. The molecule has 0 saturated heterocycles. The van der Waals surface area contributed by atoms with Gasteiger partial charge in [0.05, 0.1) is 23.4 Å². The molecule has 9 rings (SSSR count). The molecule has 0 amide bonds. The molecule has 0 aliphatic rings. The quantitative estimate of drug-likeness (QED) is 0.201. The third kappa shape index (κ3) is 4.13. The van der Waals surface area contributed by atoms with Crippen LogP contribution in [0.25, 0.3) is 83.2 Å². The van der Waals surface area contributed by atoms with Gasteiger partial charge in [-0.05, 0) is 58.3 Å². The summed E-state index contributed by atoms with van der Waals surface area (Å²) in [7, 11) is 0. The van der Waals surface area contributed by atoms with Crippen molar-refractivity contribution in [2.75, 3.05) is 0 Å². The fraction of sp³-hybridized carbons (Fsp3) is 0. The third-order valence-corrected chi connectivity index (χ3v) is 8.34. The monoisotopic (exact) mass is 581 g/mol. The molecule has 0 saturated carbocycles. The van der Waals surface area contributed by atoms with Crippen LogP contribution in [0.5, 0.6) is 0 Å². The van der Waals surface area contributed by atoms with Crippen LogP contribution in [-0.4, -0.2) is 24.5 Å². The van der Waals surface area contributed by atoms with Gasteiger partial charge >= 0.3 is 0 Å². The molecule has 0 atom stereocenters. The normalized spacial score (nSPS) is 11.6. The van der Waals surface area contributed by atoms with Crippen LogP contribution in [0.3, 0.4) is 0 Å². The summed E-state index contributed by atoms with van der Waals surface area (Å²) in [6.07, 6.45) is 13.7. The Morgan fingerprint density at radius 3 is 1.80 bits per heavy atom. The van der Waals surface area contributed by atoms with Gasteiger partial charge < -0.3 is 13.4 Å². The number of para-hydroxylation sites is 1. The fourth-order valence-corrected chi connectivity index (χ4v) is 6.32. The zero-order valence-corrected chi connectivity index (χ0v) is 23.8. The van der Waals surface area contributed by atoms with Crippen molar-refractivity contribution < 1.29 is 8.83 Å². The Morgan fingerprint density at radius 1 is 0.444 bits per heavy atom. The Balaban J connectivity index is 1.34. The van der Waals surface area contributed by atoms with Crippen LogP contribution in [0.15, 0.2) is 150 Å². The standard InChI is InChI=1S/C38H23N5O2/c1-2-6-29(7-3-1)43-34-14-24(25-12-27(18-39-16-25)36-20-41-22-44-36)10-11-32(34)38-31-9-5-4-8-30(31)33(15-35(38)43)26-13-28(19-40-17-26)37-21-42-23-45-37/h1-23H. The molecule has 7 heteroatoms. The van der Waals surface area contributed by atoms with Gasteiger partial charge in [-0.25, -0.2) is 9.97 Å². The summed E-state index contributed by atoms with van der Waals surface area (Å²) in [6, 6.07) is 32.2. The lowest BCUT2D eigenvalue weighted by Crippen LogP contribution is -1.94. The van der Waals surface area contributed by atoms with Crippen LogP contribution >= 0.6 is 0 Å². The Labute approximate surface area is 257 Å². The van der Waals surface area contributed by atoms with E-state index in [-0.39, 0.29) is 0 Å². The largest absolute Gasteiger partial charge is 0.443 e. The summed E-state index contributed by atoms with van der Waals surface area (Å²) in [5.41, 5.74) is 9.21. The minimum absolute atomic E-state index is 0.683. The molecule has 45 heavy (non-hydrogen) atoms. The minimum atomic E-state index is 0.683. The zero-order chi connectivity index (χ0) is 29.7. The highest BCUT2D eigenvalue weighted by molar-refractivity contribution is 6.24. The van der Waals surface area contributed by atoms with Crippen LogP contribution in [0.1, 0.15) is 0 Å². The predicted molar refractivity (Wildman–Crippen MR) is 176 cm³/mol. The summed E-state index contributed by atoms with van der Waals surface area (Å²) in [5.74, 6) is 1.37. The number of nitrogens with zero attached hydrogens (tertiary/aromatic N) is 5. The van der Waals surface area contributed by atoms with Gasteiger partial charge in [0.15, 0.2) is 24.3 Å². The highest BCUT2D eigenvalue weighted by Gasteiger charge is 2.19. The van der Waals surface area contributed by atoms with Crippen molar-refractivity contribution in [2.45, 2.75) is 0 Å². The number of benzene rings is 4. The number of oxazole rings is 2. The molecule has 0 bridgehead atoms. The minimum Gasteiger partial charge on any atom is -0.443 e. The van der Waals surface area contributed by atoms with Crippen molar-refractivity contribution in [1.82, 2.24) is 24.5 Å². The Bertz CT molecular complexity index is 2480. The fourth-order valence-electron chi connectivity index (χ4n) is 6.32. The maximum atomic E-state index is 5.59. The van der Waals surface area contributed by atoms with E-state index in [1.54, 1.807) is 24.8 Å². The summed E-state index contributed by atoms with van der Waals surface area (Å²) in [4.78, 5) is 17.3. The van der Waals surface area contributed by atoms with Crippen LogP contribution in [0.2, 0.25) is 0 Å². The van der Waals surface area contributed by atoms with Gasteiger partial charge in [-0.1, -0.05) is 54.6 Å². The highest BCUT2D eigenvalue weighted by Crippen LogP contribution is 2.42. The lowest BCUT2D eigenvalue weighted by atomic mass is 9.94. The smallest absolute Gasteiger partial charge is 0.181 e. The average Bonchev–Trinajstić information content (AvgIpc) is 3.90. The molecular weight excluding hydrogens is 558 g/mol. The number of fused-ring (bicyclic) bond motifs is 5. The zero-order valence-electron chi connectivity index (χ0n) is 23.8. The third-order valence-electron chi connectivity index (χ3n) is 8.34. The van der Waals surface area contributed by atoms with Gasteiger partial charge in [-0.15, -0.1) is 0 Å². The topological polar surface area (TPSA) is 82.8 Å². The number of hydrogen-bond donors (Lipinski definition) is 0. The second-order valence-corrected chi connectivity index (χ2v) is 10.9. The van der Waals surface area contributed by atoms with Crippen molar-refractivity contribution in [3.63, 3.8) is 0 Å². The highest BCUT2D eigenvalue weighted by atomic mass is 16.3. The van der Waals surface area contributed by atoms with Crippen LogP contribution < -0.4 is 0 Å². The molecule has 4 aromatic carbocycles. The van der Waals surface area contributed by atoms with Crippen LogP contribution in [0.4, 0.5) is 0 Å². The summed E-state index contributed by atoms with van der Waals surface area (Å²) in [6.45, 7) is 0. The van der Waals surface area contributed by atoms with E-state index >= 15 is 0 Å². The Kier molecular flexibility index (Phi) is 5.67. The van der Waals surface area contributed by atoms with Crippen LogP contribution in [-0.2, 0) is 0 Å². The Morgan fingerprint density at radius 2 is 1.09 bits per heavy atom. The molecule has 0 aliphatic carbocycles. The molecule has 7 nitrogen and oxygen atoms in total. The first-order valence-electron chi connectivity index (χ1n) is 14.6. The van der Waals surface area contributed by atoms with Crippen molar-refractivity contribution in [3.8, 4) is 50.6 Å². The SMILES string of the molecule is c1ccc(-n2c3cc(-c4cncc(-c5cnco5)c4)ccc3c3c4ccccc4c(-c4cncc(-c5cnco5)c4)cc32)cc1. The molecule has 5 heterocycles. The van der Waals surface area contributed by atoms with Gasteiger partial charge in [-0.2, -0.15) is 0 Å². The molecular formula is C38H23N5O2. The lowest BCUT2D eigenvalue weighted by molar-refractivity contribution is 0.571. The first-order chi connectivity index (χ1) is 22.3. The Hall–Kier alpha value is -6.34. The molecule has 0 fully saturated rings. The molecule has 0 N–H and O–H groups in total. The number of aromatic nitrogens is 5. The van der Waals surface area contributed by atoms with Gasteiger partial charge in [0, 0.05) is 63.5 Å². The van der Waals surface area contributed by atoms with E-state index in [1.165, 1.54) is 28.9 Å². The van der Waals surface area contributed by atoms with E-state index in [4.69, 9.17) is 8.83 Å². The van der Waals surface area contributed by atoms with E-state index < -0.39 is 0 Å². The van der Waals surface area contributed by atoms with E-state index in [2.05, 4.69) is 109 Å². The van der Waals surface area contributed by atoms with Gasteiger partial charge in [0.2, 0.25) is 0 Å². The van der Waals surface area contributed by atoms with E-state index in [0.29, 0.717) is 11.5 Å². The first kappa shape index (κ1) is 25.2. The molecule has 5 aromatic heterocycles. The maximum absolute atomic E-state index is 5.59. The molecule has 9 aromatic rings.